The summed E-state index contributed by atoms with van der Waals surface area (Å²) in [5.74, 6) is 0.0302. The van der Waals surface area contributed by atoms with Gasteiger partial charge in [0.05, 0.1) is 0 Å². The lowest BCUT2D eigenvalue weighted by Gasteiger charge is -2.18. The van der Waals surface area contributed by atoms with Gasteiger partial charge in [-0.25, -0.2) is 0 Å². The SMILES string of the molecule is COCCCNc1ccc(NC(=O)CC(c2ccccc2)c2ccccc2)cc1. The Morgan fingerprint density at radius 1 is 0.828 bits per heavy atom. The van der Waals surface area contributed by atoms with Crippen LogP contribution in [-0.2, 0) is 9.53 Å². The summed E-state index contributed by atoms with van der Waals surface area (Å²) in [4.78, 5) is 12.8. The number of anilines is 2. The van der Waals surface area contributed by atoms with E-state index in [4.69, 9.17) is 4.74 Å². The topological polar surface area (TPSA) is 50.4 Å². The van der Waals surface area contributed by atoms with Gasteiger partial charge >= 0.3 is 0 Å². The second kappa shape index (κ2) is 11.0. The van der Waals surface area contributed by atoms with Crippen LogP contribution in [0, 0.1) is 0 Å². The molecule has 1 amide bonds. The highest BCUT2D eigenvalue weighted by atomic mass is 16.5. The van der Waals surface area contributed by atoms with Gasteiger partial charge in [0.15, 0.2) is 0 Å². The molecule has 0 spiro atoms. The Hall–Kier alpha value is -3.11. The van der Waals surface area contributed by atoms with E-state index in [1.807, 2.05) is 60.7 Å². The second-order valence-electron chi connectivity index (χ2n) is 6.98. The summed E-state index contributed by atoms with van der Waals surface area (Å²) in [6.45, 7) is 1.60. The first-order chi connectivity index (χ1) is 14.3. The predicted octanol–water partition coefficient (Wildman–Crippen LogP) is 5.30. The van der Waals surface area contributed by atoms with Gasteiger partial charge in [-0.15, -0.1) is 0 Å². The number of benzene rings is 3. The summed E-state index contributed by atoms with van der Waals surface area (Å²) in [7, 11) is 1.71. The first-order valence-electron chi connectivity index (χ1n) is 9.99. The van der Waals surface area contributed by atoms with E-state index in [2.05, 4.69) is 34.9 Å². The zero-order valence-electron chi connectivity index (χ0n) is 16.8. The molecule has 0 aliphatic carbocycles. The lowest BCUT2D eigenvalue weighted by atomic mass is 9.88. The average molecular weight is 389 g/mol. The third-order valence-corrected chi connectivity index (χ3v) is 4.82. The Morgan fingerprint density at radius 2 is 1.38 bits per heavy atom. The summed E-state index contributed by atoms with van der Waals surface area (Å²) >= 11 is 0. The van der Waals surface area contributed by atoms with Crippen LogP contribution >= 0.6 is 0 Å². The number of rotatable bonds is 10. The highest BCUT2D eigenvalue weighted by Crippen LogP contribution is 2.28. The molecule has 3 aromatic rings. The number of nitrogens with one attached hydrogen (secondary N) is 2. The van der Waals surface area contributed by atoms with Gasteiger partial charge in [0, 0.05) is 44.0 Å². The van der Waals surface area contributed by atoms with Gasteiger partial charge in [-0.05, 0) is 41.8 Å². The van der Waals surface area contributed by atoms with Crippen LogP contribution in [0.3, 0.4) is 0 Å². The average Bonchev–Trinajstić information content (AvgIpc) is 2.77. The van der Waals surface area contributed by atoms with E-state index in [-0.39, 0.29) is 11.8 Å². The largest absolute Gasteiger partial charge is 0.385 e. The van der Waals surface area contributed by atoms with E-state index in [9.17, 15) is 4.79 Å². The van der Waals surface area contributed by atoms with E-state index in [0.29, 0.717) is 6.42 Å². The fourth-order valence-electron chi connectivity index (χ4n) is 3.32. The zero-order valence-corrected chi connectivity index (χ0v) is 16.8. The lowest BCUT2D eigenvalue weighted by Crippen LogP contribution is -2.16. The van der Waals surface area contributed by atoms with Crippen LogP contribution in [0.5, 0.6) is 0 Å². The summed E-state index contributed by atoms with van der Waals surface area (Å²) in [5.41, 5.74) is 4.12. The molecule has 0 radical (unpaired) electrons. The molecule has 2 N–H and O–H groups in total. The van der Waals surface area contributed by atoms with Crippen LogP contribution in [0.25, 0.3) is 0 Å². The van der Waals surface area contributed by atoms with Gasteiger partial charge in [0.2, 0.25) is 5.91 Å². The van der Waals surface area contributed by atoms with Crippen LogP contribution in [0.2, 0.25) is 0 Å². The number of hydrogen-bond donors (Lipinski definition) is 2. The number of methoxy groups -OCH3 is 1. The molecule has 0 saturated carbocycles. The molecular formula is C25H28N2O2. The quantitative estimate of drug-likeness (QED) is 0.464. The molecule has 0 atom stereocenters. The van der Waals surface area contributed by atoms with Gasteiger partial charge in [-0.1, -0.05) is 60.7 Å². The van der Waals surface area contributed by atoms with Crippen molar-refractivity contribution in [1.82, 2.24) is 0 Å². The van der Waals surface area contributed by atoms with Crippen molar-refractivity contribution in [3.8, 4) is 0 Å². The molecule has 0 aromatic heterocycles. The highest BCUT2D eigenvalue weighted by Gasteiger charge is 2.18. The van der Waals surface area contributed by atoms with E-state index >= 15 is 0 Å². The molecule has 0 unspecified atom stereocenters. The minimum Gasteiger partial charge on any atom is -0.385 e. The number of carbonyl (C=O) groups excluding carboxylic acids is 1. The monoisotopic (exact) mass is 388 g/mol. The summed E-state index contributed by atoms with van der Waals surface area (Å²) in [5, 5.41) is 6.37. The van der Waals surface area contributed by atoms with Gasteiger partial charge in [0.1, 0.15) is 0 Å². The molecule has 0 aliphatic heterocycles. The molecule has 0 aliphatic rings. The Morgan fingerprint density at radius 3 is 1.93 bits per heavy atom. The van der Waals surface area contributed by atoms with Crippen molar-refractivity contribution >= 4 is 17.3 Å². The van der Waals surface area contributed by atoms with E-state index in [0.717, 1.165) is 42.1 Å². The van der Waals surface area contributed by atoms with Crippen LogP contribution < -0.4 is 10.6 Å². The smallest absolute Gasteiger partial charge is 0.225 e. The molecule has 3 aromatic carbocycles. The zero-order chi connectivity index (χ0) is 20.3. The lowest BCUT2D eigenvalue weighted by molar-refractivity contribution is -0.116. The molecule has 0 bridgehead atoms. The molecule has 4 nitrogen and oxygen atoms in total. The van der Waals surface area contributed by atoms with E-state index in [1.54, 1.807) is 7.11 Å². The summed E-state index contributed by atoms with van der Waals surface area (Å²) in [6.07, 6.45) is 1.35. The second-order valence-corrected chi connectivity index (χ2v) is 6.98. The Bertz CT molecular complexity index is 825. The van der Waals surface area contributed by atoms with E-state index in [1.165, 1.54) is 0 Å². The standard InChI is InChI=1S/C25H28N2O2/c1-29-18-8-17-26-22-13-15-23(16-14-22)27-25(28)19-24(20-9-4-2-5-10-20)21-11-6-3-7-12-21/h2-7,9-16,24,26H,8,17-19H2,1H3,(H,27,28). The van der Waals surface area contributed by atoms with Crippen LogP contribution in [-0.4, -0.2) is 26.2 Å². The first kappa shape index (κ1) is 20.6. The van der Waals surface area contributed by atoms with Crippen LogP contribution in [0.1, 0.15) is 29.9 Å². The third kappa shape index (κ3) is 6.47. The molecule has 4 heteroatoms. The Balaban J connectivity index is 1.62. The third-order valence-electron chi connectivity index (χ3n) is 4.82. The van der Waals surface area contributed by atoms with Crippen LogP contribution in [0.15, 0.2) is 84.9 Å². The minimum absolute atomic E-state index is 0.00325. The van der Waals surface area contributed by atoms with Crippen molar-refractivity contribution < 1.29 is 9.53 Å². The fourth-order valence-corrected chi connectivity index (χ4v) is 3.32. The minimum atomic E-state index is 0.00325. The van der Waals surface area contributed by atoms with Crippen molar-refractivity contribution in [3.05, 3.63) is 96.1 Å². The van der Waals surface area contributed by atoms with Crippen LogP contribution in [0.4, 0.5) is 11.4 Å². The van der Waals surface area contributed by atoms with Crippen molar-refractivity contribution in [2.75, 3.05) is 30.9 Å². The summed E-state index contributed by atoms with van der Waals surface area (Å²) < 4.78 is 5.05. The first-order valence-corrected chi connectivity index (χ1v) is 9.99. The Kier molecular flexibility index (Phi) is 7.84. The Labute approximate surface area is 172 Å². The normalized spacial score (nSPS) is 10.7. The molecule has 29 heavy (non-hydrogen) atoms. The molecular weight excluding hydrogens is 360 g/mol. The molecule has 3 rings (SSSR count). The number of amides is 1. The van der Waals surface area contributed by atoms with Crippen molar-refractivity contribution in [2.24, 2.45) is 0 Å². The molecule has 0 heterocycles. The maximum Gasteiger partial charge on any atom is 0.225 e. The number of hydrogen-bond acceptors (Lipinski definition) is 3. The molecule has 0 saturated heterocycles. The van der Waals surface area contributed by atoms with E-state index < -0.39 is 0 Å². The number of carbonyl (C=O) groups is 1. The predicted molar refractivity (Wildman–Crippen MR) is 119 cm³/mol. The molecule has 150 valence electrons. The van der Waals surface area contributed by atoms with Gasteiger partial charge in [0.25, 0.3) is 0 Å². The maximum atomic E-state index is 12.8. The van der Waals surface area contributed by atoms with Gasteiger partial charge < -0.3 is 15.4 Å². The van der Waals surface area contributed by atoms with Crippen molar-refractivity contribution in [2.45, 2.75) is 18.8 Å². The highest BCUT2D eigenvalue weighted by molar-refractivity contribution is 5.91. The number of ether oxygens (including phenoxy) is 1. The fraction of sp³-hybridized carbons (Fsp3) is 0.240. The van der Waals surface area contributed by atoms with Gasteiger partial charge in [-0.3, -0.25) is 4.79 Å². The molecule has 0 fully saturated rings. The van der Waals surface area contributed by atoms with Crippen molar-refractivity contribution in [3.63, 3.8) is 0 Å². The van der Waals surface area contributed by atoms with Crippen molar-refractivity contribution in [1.29, 1.82) is 0 Å². The summed E-state index contributed by atoms with van der Waals surface area (Å²) in [6, 6.07) is 28.2. The van der Waals surface area contributed by atoms with Gasteiger partial charge in [-0.2, -0.15) is 0 Å². The maximum absolute atomic E-state index is 12.8.